The van der Waals surface area contributed by atoms with Crippen LogP contribution in [0.25, 0.3) is 0 Å². The molecule has 2 aliphatic rings. The van der Waals surface area contributed by atoms with Crippen molar-refractivity contribution < 1.29 is 29.2 Å². The second-order valence-electron chi connectivity index (χ2n) is 12.0. The Kier molecular flexibility index (Phi) is 10.3. The third-order valence-electron chi connectivity index (χ3n) is 8.61. The molecule has 0 unspecified atom stereocenters. The number of urea groups is 1. The van der Waals surface area contributed by atoms with Crippen molar-refractivity contribution in [2.45, 2.75) is 51.1 Å². The molecule has 0 spiro atoms. The number of aliphatic hydroxyl groups is 2. The third-order valence-corrected chi connectivity index (χ3v) is 8.61. The van der Waals surface area contributed by atoms with Gasteiger partial charge in [0.15, 0.2) is 6.29 Å². The van der Waals surface area contributed by atoms with Crippen LogP contribution in [0.2, 0.25) is 0 Å². The molecule has 4 aromatic rings. The molecule has 2 amide bonds. The van der Waals surface area contributed by atoms with Crippen molar-refractivity contribution in [2.75, 3.05) is 25.0 Å². The van der Waals surface area contributed by atoms with Crippen molar-refractivity contribution in [3.63, 3.8) is 0 Å². The highest BCUT2D eigenvalue weighted by Gasteiger charge is 2.39. The minimum atomic E-state index is -0.574. The summed E-state index contributed by atoms with van der Waals surface area (Å²) in [5.41, 5.74) is 4.38. The van der Waals surface area contributed by atoms with Crippen molar-refractivity contribution >= 4 is 11.7 Å². The number of benzene rings is 4. The number of rotatable bonds is 10. The maximum Gasteiger partial charge on any atom is 0.319 e. The van der Waals surface area contributed by atoms with E-state index in [0.717, 1.165) is 41.0 Å². The van der Waals surface area contributed by atoms with E-state index in [1.165, 1.54) is 0 Å². The number of ether oxygens (including phenoxy) is 3. The maximum absolute atomic E-state index is 12.6. The second kappa shape index (κ2) is 14.9. The van der Waals surface area contributed by atoms with Crippen molar-refractivity contribution in [3.05, 3.63) is 125 Å². The molecule has 0 aliphatic carbocycles. The number of amides is 2. The minimum absolute atomic E-state index is 0.00636. The molecule has 46 heavy (non-hydrogen) atoms. The standard InChI is InChI=1S/C37H41N3O6/c1-25-34(23-40-20-19-31(42)22-40)45-36(46-35(25)28-11-9-27(24-41)10-12-28)29-13-7-26(8-14-29)21-38-37(43)39-30-15-17-33(18-16-30)44-32-5-3-2-4-6-32/h2-18,25,31,34-36,41-42H,19-24H2,1H3,(H2,38,39,43)/t25-,31-,34+,35+,36+/m0/s1. The van der Waals surface area contributed by atoms with Gasteiger partial charge in [-0.15, -0.1) is 0 Å². The summed E-state index contributed by atoms with van der Waals surface area (Å²) in [6.07, 6.45) is -0.397. The lowest BCUT2D eigenvalue weighted by atomic mass is 9.90. The lowest BCUT2D eigenvalue weighted by Crippen LogP contribution is -2.44. The first-order chi connectivity index (χ1) is 22.4. The number of anilines is 1. The molecule has 0 radical (unpaired) electrons. The lowest BCUT2D eigenvalue weighted by molar-refractivity contribution is -0.276. The quantitative estimate of drug-likeness (QED) is 0.168. The Bertz CT molecular complexity index is 1550. The van der Waals surface area contributed by atoms with E-state index in [2.05, 4.69) is 22.5 Å². The van der Waals surface area contributed by atoms with E-state index in [-0.39, 0.29) is 36.9 Å². The van der Waals surface area contributed by atoms with E-state index in [4.69, 9.17) is 14.2 Å². The molecule has 240 valence electrons. The smallest absolute Gasteiger partial charge is 0.319 e. The van der Waals surface area contributed by atoms with Gasteiger partial charge < -0.3 is 35.1 Å². The fourth-order valence-corrected chi connectivity index (χ4v) is 5.94. The largest absolute Gasteiger partial charge is 0.457 e. The molecule has 6 rings (SSSR count). The van der Waals surface area contributed by atoms with Crippen LogP contribution in [0.15, 0.2) is 103 Å². The number of likely N-dealkylation sites (tertiary alicyclic amines) is 1. The number of hydrogen-bond donors (Lipinski definition) is 4. The number of carbonyl (C=O) groups is 1. The van der Waals surface area contributed by atoms with Gasteiger partial charge in [0.2, 0.25) is 0 Å². The molecule has 2 saturated heterocycles. The summed E-state index contributed by atoms with van der Waals surface area (Å²) >= 11 is 0. The highest BCUT2D eigenvalue weighted by molar-refractivity contribution is 5.89. The van der Waals surface area contributed by atoms with Gasteiger partial charge in [-0.1, -0.05) is 73.7 Å². The van der Waals surface area contributed by atoms with E-state index in [0.29, 0.717) is 31.1 Å². The monoisotopic (exact) mass is 623 g/mol. The van der Waals surface area contributed by atoms with Crippen LogP contribution in [-0.2, 0) is 22.6 Å². The highest BCUT2D eigenvalue weighted by atomic mass is 16.7. The van der Waals surface area contributed by atoms with Gasteiger partial charge in [0, 0.05) is 43.3 Å². The van der Waals surface area contributed by atoms with Gasteiger partial charge in [-0.05, 0) is 59.5 Å². The van der Waals surface area contributed by atoms with Gasteiger partial charge in [0.25, 0.3) is 0 Å². The van der Waals surface area contributed by atoms with Crippen LogP contribution in [0.4, 0.5) is 10.5 Å². The Hall–Kier alpha value is -4.25. The normalized spacial score (nSPS) is 23.2. The molecule has 9 heteroatoms. The minimum Gasteiger partial charge on any atom is -0.457 e. The Morgan fingerprint density at radius 1 is 0.870 bits per heavy atom. The van der Waals surface area contributed by atoms with Crippen LogP contribution in [0.5, 0.6) is 11.5 Å². The number of nitrogens with one attached hydrogen (secondary N) is 2. The number of carbonyl (C=O) groups excluding carboxylic acids is 1. The molecule has 2 aliphatic heterocycles. The van der Waals surface area contributed by atoms with Crippen LogP contribution < -0.4 is 15.4 Å². The highest BCUT2D eigenvalue weighted by Crippen LogP contribution is 2.42. The molecular weight excluding hydrogens is 582 g/mol. The number of nitrogens with zero attached hydrogens (tertiary/aromatic N) is 1. The Morgan fingerprint density at radius 3 is 2.22 bits per heavy atom. The summed E-state index contributed by atoms with van der Waals surface area (Å²) < 4.78 is 18.9. The van der Waals surface area contributed by atoms with Crippen LogP contribution in [-0.4, -0.2) is 53.0 Å². The van der Waals surface area contributed by atoms with E-state index >= 15 is 0 Å². The van der Waals surface area contributed by atoms with E-state index < -0.39 is 6.29 Å². The average molecular weight is 624 g/mol. The van der Waals surface area contributed by atoms with Gasteiger partial charge in [0.1, 0.15) is 11.5 Å². The maximum atomic E-state index is 12.6. The summed E-state index contributed by atoms with van der Waals surface area (Å²) in [6, 6.07) is 32.2. The predicted octanol–water partition coefficient (Wildman–Crippen LogP) is 6.15. The zero-order valence-corrected chi connectivity index (χ0v) is 25.9. The first-order valence-corrected chi connectivity index (χ1v) is 15.8. The number of β-amino-alcohol motifs (C(OH)–C–C–N with tert-alkyl or cyclic N) is 1. The number of hydrogen-bond acceptors (Lipinski definition) is 7. The van der Waals surface area contributed by atoms with Gasteiger partial charge >= 0.3 is 6.03 Å². The van der Waals surface area contributed by atoms with Crippen molar-refractivity contribution in [3.8, 4) is 11.5 Å². The molecule has 0 bridgehead atoms. The second-order valence-corrected chi connectivity index (χ2v) is 12.0. The molecule has 0 saturated carbocycles. The molecule has 4 N–H and O–H groups in total. The number of aliphatic hydroxyl groups excluding tert-OH is 2. The summed E-state index contributed by atoms with van der Waals surface area (Å²) in [4.78, 5) is 14.8. The topological polar surface area (TPSA) is 113 Å². The Balaban J connectivity index is 1.06. The van der Waals surface area contributed by atoms with E-state index in [9.17, 15) is 15.0 Å². The SMILES string of the molecule is C[C@H]1[C@@H](CN2CC[C@H](O)C2)O[C@@H](c2ccc(CNC(=O)Nc3ccc(Oc4ccccc4)cc3)cc2)O[C@H]1c1ccc(CO)cc1. The van der Waals surface area contributed by atoms with Crippen LogP contribution >= 0.6 is 0 Å². The van der Waals surface area contributed by atoms with Crippen molar-refractivity contribution in [1.29, 1.82) is 0 Å². The van der Waals surface area contributed by atoms with Gasteiger partial charge in [0.05, 0.1) is 24.9 Å². The molecule has 2 fully saturated rings. The van der Waals surface area contributed by atoms with E-state index in [1.54, 1.807) is 12.1 Å². The molecule has 9 nitrogen and oxygen atoms in total. The molecule has 2 heterocycles. The van der Waals surface area contributed by atoms with Crippen molar-refractivity contribution in [1.82, 2.24) is 10.2 Å². The lowest BCUT2D eigenvalue weighted by Gasteiger charge is -2.42. The van der Waals surface area contributed by atoms with Crippen LogP contribution in [0, 0.1) is 5.92 Å². The zero-order chi connectivity index (χ0) is 31.9. The fourth-order valence-electron chi connectivity index (χ4n) is 5.94. The third kappa shape index (κ3) is 8.12. The summed E-state index contributed by atoms with van der Waals surface area (Å²) in [5.74, 6) is 1.51. The van der Waals surface area contributed by atoms with Crippen LogP contribution in [0.1, 0.15) is 48.0 Å². The Labute approximate surface area is 269 Å². The Morgan fingerprint density at radius 2 is 1.54 bits per heavy atom. The molecule has 5 atom stereocenters. The number of para-hydroxylation sites is 1. The zero-order valence-electron chi connectivity index (χ0n) is 25.9. The molecule has 4 aromatic carbocycles. The first-order valence-electron chi connectivity index (χ1n) is 15.8. The summed E-state index contributed by atoms with van der Waals surface area (Å²) in [7, 11) is 0. The predicted molar refractivity (Wildman–Crippen MR) is 175 cm³/mol. The summed E-state index contributed by atoms with van der Waals surface area (Å²) in [5, 5.41) is 25.3. The average Bonchev–Trinajstić information content (AvgIpc) is 3.50. The van der Waals surface area contributed by atoms with Crippen LogP contribution in [0.3, 0.4) is 0 Å². The fraction of sp³-hybridized carbons (Fsp3) is 0.324. The first kappa shape index (κ1) is 31.7. The van der Waals surface area contributed by atoms with Gasteiger partial charge in [-0.2, -0.15) is 0 Å². The molecular formula is C37H41N3O6. The van der Waals surface area contributed by atoms with Gasteiger partial charge in [-0.3, -0.25) is 4.90 Å². The summed E-state index contributed by atoms with van der Waals surface area (Å²) in [6.45, 7) is 4.70. The van der Waals surface area contributed by atoms with E-state index in [1.807, 2.05) is 91.0 Å². The van der Waals surface area contributed by atoms with Gasteiger partial charge in [-0.25, -0.2) is 4.79 Å². The van der Waals surface area contributed by atoms with Crippen molar-refractivity contribution in [2.24, 2.45) is 5.92 Å². The molecule has 0 aromatic heterocycles.